The van der Waals surface area contributed by atoms with Gasteiger partial charge in [0, 0.05) is 6.42 Å². The summed E-state index contributed by atoms with van der Waals surface area (Å²) in [5, 5.41) is 2.31. The number of fused-ring (bicyclic) bond motifs is 1. The Labute approximate surface area is 92.6 Å². The lowest BCUT2D eigenvalue weighted by atomic mass is 9.92. The lowest BCUT2D eigenvalue weighted by molar-refractivity contribution is -0.0530. The zero-order valence-corrected chi connectivity index (χ0v) is 8.87. The Balaban J connectivity index is 2.15. The van der Waals surface area contributed by atoms with E-state index in [-0.39, 0.29) is 17.9 Å². The maximum absolute atomic E-state index is 11.6. The summed E-state index contributed by atoms with van der Waals surface area (Å²) in [7, 11) is 0. The van der Waals surface area contributed by atoms with Crippen LogP contribution in [-0.4, -0.2) is 18.4 Å². The van der Waals surface area contributed by atoms with Crippen LogP contribution in [0.25, 0.3) is 0 Å². The Hall–Kier alpha value is -1.68. The molecule has 0 spiro atoms. The molecule has 1 fully saturated rings. The first-order valence-corrected chi connectivity index (χ1v) is 5.29. The highest BCUT2D eigenvalue weighted by molar-refractivity contribution is 6.22. The molecule has 0 aliphatic carbocycles. The van der Waals surface area contributed by atoms with Crippen LogP contribution in [0.15, 0.2) is 12.1 Å². The molecule has 0 aromatic heterocycles. The second-order valence-electron chi connectivity index (χ2n) is 4.13. The average Bonchev–Trinajstić information content (AvgIpc) is 2.44. The van der Waals surface area contributed by atoms with E-state index in [4.69, 9.17) is 4.74 Å². The van der Waals surface area contributed by atoms with Crippen LogP contribution in [0, 0.1) is 6.92 Å². The molecule has 1 atom stereocenters. The topological polar surface area (TPSA) is 55.4 Å². The molecule has 82 valence electrons. The van der Waals surface area contributed by atoms with Crippen LogP contribution in [0.2, 0.25) is 0 Å². The molecule has 0 bridgehead atoms. The Morgan fingerprint density at radius 2 is 2.06 bits per heavy atom. The summed E-state index contributed by atoms with van der Waals surface area (Å²) < 4.78 is 5.40. The third-order valence-corrected chi connectivity index (χ3v) is 3.25. The van der Waals surface area contributed by atoms with Crippen molar-refractivity contribution in [1.29, 1.82) is 0 Å². The summed E-state index contributed by atoms with van der Waals surface area (Å²) in [6.07, 6.45) is 1.07. The van der Waals surface area contributed by atoms with Crippen LogP contribution >= 0.6 is 0 Å². The summed E-state index contributed by atoms with van der Waals surface area (Å²) in [4.78, 5) is 23.0. The quantitative estimate of drug-likeness (QED) is 0.722. The molecular weight excluding hydrogens is 206 g/mol. The number of imide groups is 1. The van der Waals surface area contributed by atoms with Crippen LogP contribution in [0.3, 0.4) is 0 Å². The van der Waals surface area contributed by atoms with Crippen molar-refractivity contribution in [3.63, 3.8) is 0 Å². The number of carbonyl (C=O) groups is 2. The van der Waals surface area contributed by atoms with Gasteiger partial charge in [-0.15, -0.1) is 0 Å². The first-order valence-electron chi connectivity index (χ1n) is 5.29. The monoisotopic (exact) mass is 217 g/mol. The third-order valence-electron chi connectivity index (χ3n) is 3.25. The molecule has 2 heterocycles. The second kappa shape index (κ2) is 3.15. The van der Waals surface area contributed by atoms with E-state index in [0.29, 0.717) is 11.1 Å². The van der Waals surface area contributed by atoms with Gasteiger partial charge in [0.25, 0.3) is 11.8 Å². The lowest BCUT2D eigenvalue weighted by Gasteiger charge is -2.28. The first kappa shape index (κ1) is 9.54. The number of amides is 2. The number of carbonyl (C=O) groups excluding carboxylic acids is 2. The van der Waals surface area contributed by atoms with Gasteiger partial charge in [0.15, 0.2) is 0 Å². The largest absolute Gasteiger partial charge is 0.373 e. The summed E-state index contributed by atoms with van der Waals surface area (Å²) in [6, 6.07) is 3.59. The Kier molecular flexibility index (Phi) is 1.88. The molecular formula is C12H11NO3. The van der Waals surface area contributed by atoms with Gasteiger partial charge >= 0.3 is 0 Å². The predicted octanol–water partition coefficient (Wildman–Crippen LogP) is 1.34. The van der Waals surface area contributed by atoms with Crippen LogP contribution in [-0.2, 0) is 4.74 Å². The fourth-order valence-electron chi connectivity index (χ4n) is 2.27. The fraction of sp³-hybridized carbons (Fsp3) is 0.333. The van der Waals surface area contributed by atoms with E-state index >= 15 is 0 Å². The Morgan fingerprint density at radius 1 is 1.31 bits per heavy atom. The lowest BCUT2D eigenvalue weighted by Crippen LogP contribution is -2.21. The molecule has 2 amide bonds. The van der Waals surface area contributed by atoms with Crippen molar-refractivity contribution in [2.45, 2.75) is 19.4 Å². The number of nitrogens with one attached hydrogen (secondary N) is 1. The Morgan fingerprint density at radius 3 is 2.69 bits per heavy atom. The molecule has 3 rings (SSSR count). The first-order chi connectivity index (χ1) is 7.68. The van der Waals surface area contributed by atoms with E-state index in [1.165, 1.54) is 0 Å². The molecule has 1 aromatic carbocycles. The molecule has 1 saturated heterocycles. The normalized spacial score (nSPS) is 22.7. The minimum absolute atomic E-state index is 0.0915. The molecule has 4 nitrogen and oxygen atoms in total. The highest BCUT2D eigenvalue weighted by Crippen LogP contribution is 2.34. The van der Waals surface area contributed by atoms with Gasteiger partial charge in [-0.05, 0) is 24.1 Å². The van der Waals surface area contributed by atoms with Crippen molar-refractivity contribution in [1.82, 2.24) is 5.32 Å². The van der Waals surface area contributed by atoms with Crippen molar-refractivity contribution in [2.75, 3.05) is 6.61 Å². The number of rotatable bonds is 1. The van der Waals surface area contributed by atoms with E-state index in [1.54, 1.807) is 6.07 Å². The molecule has 2 aliphatic rings. The van der Waals surface area contributed by atoms with Crippen molar-refractivity contribution in [2.24, 2.45) is 0 Å². The van der Waals surface area contributed by atoms with Gasteiger partial charge in [0.2, 0.25) is 0 Å². The summed E-state index contributed by atoms with van der Waals surface area (Å²) in [5.41, 5.74) is 2.88. The molecule has 2 aliphatic heterocycles. The zero-order chi connectivity index (χ0) is 11.3. The fourth-order valence-corrected chi connectivity index (χ4v) is 2.27. The molecule has 0 unspecified atom stereocenters. The smallest absolute Gasteiger partial charge is 0.259 e. The van der Waals surface area contributed by atoms with E-state index in [2.05, 4.69) is 5.32 Å². The van der Waals surface area contributed by atoms with E-state index in [0.717, 1.165) is 24.2 Å². The van der Waals surface area contributed by atoms with Gasteiger partial charge in [-0.2, -0.15) is 0 Å². The van der Waals surface area contributed by atoms with Crippen LogP contribution in [0.4, 0.5) is 0 Å². The summed E-state index contributed by atoms with van der Waals surface area (Å²) in [5.74, 6) is -0.595. The van der Waals surface area contributed by atoms with Crippen molar-refractivity contribution >= 4 is 11.8 Å². The maximum Gasteiger partial charge on any atom is 0.259 e. The number of benzene rings is 1. The van der Waals surface area contributed by atoms with E-state index < -0.39 is 0 Å². The number of hydrogen-bond acceptors (Lipinski definition) is 3. The predicted molar refractivity (Wildman–Crippen MR) is 56.3 cm³/mol. The molecule has 1 aromatic rings. The van der Waals surface area contributed by atoms with Gasteiger partial charge < -0.3 is 4.74 Å². The third kappa shape index (κ3) is 1.13. The summed E-state index contributed by atoms with van der Waals surface area (Å²) in [6.45, 7) is 2.64. The van der Waals surface area contributed by atoms with Crippen molar-refractivity contribution in [3.05, 3.63) is 34.4 Å². The minimum atomic E-state index is -0.302. The second-order valence-corrected chi connectivity index (χ2v) is 4.13. The van der Waals surface area contributed by atoms with Crippen molar-refractivity contribution < 1.29 is 14.3 Å². The van der Waals surface area contributed by atoms with Gasteiger partial charge in [0.05, 0.1) is 23.8 Å². The summed E-state index contributed by atoms with van der Waals surface area (Å²) >= 11 is 0. The van der Waals surface area contributed by atoms with Gasteiger partial charge in [-0.1, -0.05) is 6.07 Å². The van der Waals surface area contributed by atoms with Gasteiger partial charge in [-0.25, -0.2) is 0 Å². The highest BCUT2D eigenvalue weighted by Gasteiger charge is 2.32. The molecule has 16 heavy (non-hydrogen) atoms. The standard InChI is InChI=1S/C12H11NO3/c1-6-7(9-4-5-16-9)2-3-8-10(6)12(15)13-11(8)14/h2-3,9H,4-5H2,1H3,(H,13,14,15)/t9-/m1/s1. The van der Waals surface area contributed by atoms with Crippen molar-refractivity contribution in [3.8, 4) is 0 Å². The van der Waals surface area contributed by atoms with Gasteiger partial charge in [-0.3, -0.25) is 14.9 Å². The molecule has 0 radical (unpaired) electrons. The van der Waals surface area contributed by atoms with Crippen LogP contribution < -0.4 is 5.32 Å². The highest BCUT2D eigenvalue weighted by atomic mass is 16.5. The number of ether oxygens (including phenoxy) is 1. The molecule has 0 saturated carbocycles. The van der Waals surface area contributed by atoms with Crippen LogP contribution in [0.5, 0.6) is 0 Å². The average molecular weight is 217 g/mol. The SMILES string of the molecule is Cc1c([C@H]2CCO2)ccc2c1C(=O)NC2=O. The van der Waals surface area contributed by atoms with Gasteiger partial charge in [0.1, 0.15) is 0 Å². The number of hydrogen-bond donors (Lipinski definition) is 1. The zero-order valence-electron chi connectivity index (χ0n) is 8.87. The Bertz CT molecular complexity index is 503. The van der Waals surface area contributed by atoms with E-state index in [1.807, 2.05) is 13.0 Å². The molecule has 1 N–H and O–H groups in total. The maximum atomic E-state index is 11.6. The van der Waals surface area contributed by atoms with E-state index in [9.17, 15) is 9.59 Å². The minimum Gasteiger partial charge on any atom is -0.373 e. The molecule has 4 heteroatoms. The van der Waals surface area contributed by atoms with Crippen LogP contribution in [0.1, 0.15) is 44.4 Å².